The van der Waals surface area contributed by atoms with Crippen LogP contribution in [-0.4, -0.2) is 24.0 Å². The average molecular weight is 323 g/mol. The molecule has 0 amide bonds. The molecule has 5 nitrogen and oxygen atoms in total. The highest BCUT2D eigenvalue weighted by Gasteiger charge is 2.15. The summed E-state index contributed by atoms with van der Waals surface area (Å²) >= 11 is 0. The summed E-state index contributed by atoms with van der Waals surface area (Å²) in [5, 5.41) is 8.01. The van der Waals surface area contributed by atoms with Gasteiger partial charge >= 0.3 is 0 Å². The Kier molecular flexibility index (Phi) is 4.42. The number of nitrogens with zero attached hydrogens (tertiary/aromatic N) is 2. The fourth-order valence-corrected chi connectivity index (χ4v) is 2.77. The van der Waals surface area contributed by atoms with Gasteiger partial charge in [-0.1, -0.05) is 30.3 Å². The zero-order valence-corrected chi connectivity index (χ0v) is 14.3. The van der Waals surface area contributed by atoms with Crippen LogP contribution in [-0.2, 0) is 7.05 Å². The smallest absolute Gasteiger partial charge is 0.136 e. The van der Waals surface area contributed by atoms with Gasteiger partial charge in [0.1, 0.15) is 17.3 Å². The van der Waals surface area contributed by atoms with Gasteiger partial charge in [0.25, 0.3) is 0 Å². The summed E-state index contributed by atoms with van der Waals surface area (Å²) in [7, 11) is 5.21. The molecule has 0 aliphatic rings. The minimum Gasteiger partial charge on any atom is -0.497 e. The van der Waals surface area contributed by atoms with Crippen LogP contribution in [0.15, 0.2) is 48.5 Å². The second-order valence-electron chi connectivity index (χ2n) is 5.52. The Labute approximate surface area is 141 Å². The Hall–Kier alpha value is -2.95. The van der Waals surface area contributed by atoms with E-state index in [1.807, 2.05) is 55.1 Å². The van der Waals surface area contributed by atoms with Gasteiger partial charge in [0, 0.05) is 36.5 Å². The Morgan fingerprint density at radius 2 is 1.58 bits per heavy atom. The summed E-state index contributed by atoms with van der Waals surface area (Å²) in [5.74, 6) is 2.39. The first-order valence-corrected chi connectivity index (χ1v) is 7.71. The molecule has 0 aliphatic heterocycles. The summed E-state index contributed by atoms with van der Waals surface area (Å²) in [4.78, 5) is 0. The van der Waals surface area contributed by atoms with Crippen LogP contribution < -0.4 is 14.8 Å². The van der Waals surface area contributed by atoms with E-state index in [2.05, 4.69) is 22.5 Å². The molecular formula is C19H21N3O2. The van der Waals surface area contributed by atoms with Crippen LogP contribution >= 0.6 is 0 Å². The molecule has 24 heavy (non-hydrogen) atoms. The molecule has 1 N–H and O–H groups in total. The van der Waals surface area contributed by atoms with E-state index < -0.39 is 0 Å². The van der Waals surface area contributed by atoms with Gasteiger partial charge in [-0.3, -0.25) is 4.68 Å². The molecule has 1 aromatic heterocycles. The lowest BCUT2D eigenvalue weighted by molar-refractivity contribution is 0.395. The molecule has 0 atom stereocenters. The molecule has 0 spiro atoms. The van der Waals surface area contributed by atoms with E-state index in [1.54, 1.807) is 14.2 Å². The average Bonchev–Trinajstić information content (AvgIpc) is 2.88. The van der Waals surface area contributed by atoms with Gasteiger partial charge in [0.2, 0.25) is 0 Å². The molecule has 3 aromatic rings. The van der Waals surface area contributed by atoms with Gasteiger partial charge in [-0.15, -0.1) is 0 Å². The zero-order valence-electron chi connectivity index (χ0n) is 14.3. The van der Waals surface area contributed by atoms with Crippen molar-refractivity contribution in [3.05, 3.63) is 54.2 Å². The van der Waals surface area contributed by atoms with Crippen LogP contribution in [0.4, 0.5) is 11.5 Å². The third-order valence-electron chi connectivity index (χ3n) is 3.90. The minimum atomic E-state index is 0.733. The first-order valence-electron chi connectivity index (χ1n) is 7.71. The summed E-state index contributed by atoms with van der Waals surface area (Å²) in [6.07, 6.45) is 0. The zero-order chi connectivity index (χ0) is 17.1. The van der Waals surface area contributed by atoms with Crippen molar-refractivity contribution in [1.82, 2.24) is 9.78 Å². The van der Waals surface area contributed by atoms with Crippen molar-refractivity contribution < 1.29 is 9.47 Å². The van der Waals surface area contributed by atoms with Crippen molar-refractivity contribution in [1.29, 1.82) is 0 Å². The summed E-state index contributed by atoms with van der Waals surface area (Å²) in [5.41, 5.74) is 4.06. The highest BCUT2D eigenvalue weighted by atomic mass is 16.5. The Morgan fingerprint density at radius 3 is 2.17 bits per heavy atom. The number of rotatable bonds is 5. The monoisotopic (exact) mass is 323 g/mol. The largest absolute Gasteiger partial charge is 0.497 e. The van der Waals surface area contributed by atoms with E-state index in [0.717, 1.165) is 39.8 Å². The van der Waals surface area contributed by atoms with Crippen LogP contribution in [0.3, 0.4) is 0 Å². The van der Waals surface area contributed by atoms with Gasteiger partial charge in [0.15, 0.2) is 0 Å². The van der Waals surface area contributed by atoms with Crippen molar-refractivity contribution >= 4 is 11.5 Å². The van der Waals surface area contributed by atoms with Crippen molar-refractivity contribution in [2.45, 2.75) is 6.92 Å². The van der Waals surface area contributed by atoms with Gasteiger partial charge in [-0.2, -0.15) is 5.10 Å². The number of anilines is 2. The van der Waals surface area contributed by atoms with Crippen LogP contribution in [0.25, 0.3) is 11.1 Å². The molecular weight excluding hydrogens is 302 g/mol. The molecule has 0 unspecified atom stereocenters. The third-order valence-corrected chi connectivity index (χ3v) is 3.90. The molecule has 2 aromatic carbocycles. The topological polar surface area (TPSA) is 48.3 Å². The second-order valence-corrected chi connectivity index (χ2v) is 5.52. The van der Waals surface area contributed by atoms with Gasteiger partial charge in [0.05, 0.1) is 19.9 Å². The highest BCUT2D eigenvalue weighted by Crippen LogP contribution is 2.34. The predicted octanol–water partition coefficient (Wildman–Crippen LogP) is 4.16. The Bertz CT molecular complexity index is 819. The van der Waals surface area contributed by atoms with E-state index >= 15 is 0 Å². The molecule has 0 saturated heterocycles. The van der Waals surface area contributed by atoms with E-state index in [0.29, 0.717) is 0 Å². The van der Waals surface area contributed by atoms with Crippen LogP contribution in [0, 0.1) is 6.92 Å². The SMILES string of the molecule is COc1cc(Nc2c(-c3ccccc3)c(C)nn2C)cc(OC)c1. The van der Waals surface area contributed by atoms with E-state index in [4.69, 9.17) is 9.47 Å². The lowest BCUT2D eigenvalue weighted by Crippen LogP contribution is -2.01. The molecule has 0 bridgehead atoms. The minimum absolute atomic E-state index is 0.733. The first-order chi connectivity index (χ1) is 11.6. The molecule has 3 rings (SSSR count). The van der Waals surface area contributed by atoms with Gasteiger partial charge in [-0.25, -0.2) is 0 Å². The van der Waals surface area contributed by atoms with Gasteiger partial charge in [-0.05, 0) is 12.5 Å². The van der Waals surface area contributed by atoms with Crippen LogP contribution in [0.1, 0.15) is 5.69 Å². The summed E-state index contributed by atoms with van der Waals surface area (Å²) in [6.45, 7) is 2.01. The molecule has 124 valence electrons. The number of aryl methyl sites for hydroxylation is 2. The fourth-order valence-electron chi connectivity index (χ4n) is 2.77. The van der Waals surface area contributed by atoms with E-state index in [1.165, 1.54) is 0 Å². The highest BCUT2D eigenvalue weighted by molar-refractivity contribution is 5.81. The van der Waals surface area contributed by atoms with Crippen molar-refractivity contribution in [2.75, 3.05) is 19.5 Å². The first kappa shape index (κ1) is 15.9. The number of hydrogen-bond acceptors (Lipinski definition) is 4. The van der Waals surface area contributed by atoms with Crippen LogP contribution in [0.5, 0.6) is 11.5 Å². The van der Waals surface area contributed by atoms with E-state index in [-0.39, 0.29) is 0 Å². The summed E-state index contributed by atoms with van der Waals surface area (Å²) in [6, 6.07) is 15.9. The number of methoxy groups -OCH3 is 2. The van der Waals surface area contributed by atoms with Crippen molar-refractivity contribution in [3.63, 3.8) is 0 Å². The number of benzene rings is 2. The predicted molar refractivity (Wildman–Crippen MR) is 96.2 cm³/mol. The molecule has 0 fully saturated rings. The lowest BCUT2D eigenvalue weighted by Gasteiger charge is -2.13. The third kappa shape index (κ3) is 3.06. The number of hydrogen-bond donors (Lipinski definition) is 1. The molecule has 0 radical (unpaired) electrons. The molecule has 1 heterocycles. The normalized spacial score (nSPS) is 10.5. The molecule has 5 heteroatoms. The van der Waals surface area contributed by atoms with Gasteiger partial charge < -0.3 is 14.8 Å². The van der Waals surface area contributed by atoms with Crippen molar-refractivity contribution in [2.24, 2.45) is 7.05 Å². The number of aromatic nitrogens is 2. The maximum absolute atomic E-state index is 5.34. The van der Waals surface area contributed by atoms with E-state index in [9.17, 15) is 0 Å². The Morgan fingerprint density at radius 1 is 0.958 bits per heavy atom. The van der Waals surface area contributed by atoms with Crippen molar-refractivity contribution in [3.8, 4) is 22.6 Å². The maximum Gasteiger partial charge on any atom is 0.136 e. The Balaban J connectivity index is 2.05. The molecule has 0 saturated carbocycles. The number of nitrogens with one attached hydrogen (secondary N) is 1. The van der Waals surface area contributed by atoms with Crippen LogP contribution in [0.2, 0.25) is 0 Å². The lowest BCUT2D eigenvalue weighted by atomic mass is 10.1. The maximum atomic E-state index is 5.34. The second kappa shape index (κ2) is 6.66. The standard InChI is InChI=1S/C19H21N3O2/c1-13-18(14-8-6-5-7-9-14)19(22(2)21-13)20-15-10-16(23-3)12-17(11-15)24-4/h5-12,20H,1-4H3. The quantitative estimate of drug-likeness (QED) is 0.766. The summed E-state index contributed by atoms with van der Waals surface area (Å²) < 4.78 is 12.5. The number of ether oxygens (including phenoxy) is 2. The fraction of sp³-hybridized carbons (Fsp3) is 0.211. The molecule has 0 aliphatic carbocycles.